The van der Waals surface area contributed by atoms with E-state index in [9.17, 15) is 31.5 Å². The van der Waals surface area contributed by atoms with Crippen LogP contribution >= 0.6 is 0 Å². The van der Waals surface area contributed by atoms with Crippen molar-refractivity contribution in [2.45, 2.75) is 43.8 Å². The molecule has 0 spiro atoms. The number of hydrogen-bond acceptors (Lipinski definition) is 7. The van der Waals surface area contributed by atoms with Crippen LogP contribution in [0.3, 0.4) is 0 Å². The first-order chi connectivity index (χ1) is 25.3. The number of amides is 1. The van der Waals surface area contributed by atoms with Gasteiger partial charge in [-0.3, -0.25) is 14.7 Å². The molecule has 1 N–H and O–H groups in total. The molecule has 1 saturated heterocycles. The summed E-state index contributed by atoms with van der Waals surface area (Å²) in [7, 11) is 0. The van der Waals surface area contributed by atoms with Crippen molar-refractivity contribution >= 4 is 23.7 Å². The summed E-state index contributed by atoms with van der Waals surface area (Å²) in [6, 6.07) is 24.7. The summed E-state index contributed by atoms with van der Waals surface area (Å²) in [6.07, 6.45) is -0.831. The van der Waals surface area contributed by atoms with Gasteiger partial charge in [0.25, 0.3) is 5.91 Å². The maximum atomic E-state index is 14.6. The Morgan fingerprint density at radius 1 is 0.887 bits per heavy atom. The van der Waals surface area contributed by atoms with Crippen molar-refractivity contribution in [3.8, 4) is 0 Å². The van der Waals surface area contributed by atoms with Crippen molar-refractivity contribution in [2.75, 3.05) is 32.8 Å². The number of carboxylic acid groups (broad SMARTS) is 1. The van der Waals surface area contributed by atoms with Crippen LogP contribution in [0.15, 0.2) is 102 Å². The molecule has 9 nitrogen and oxygen atoms in total. The Balaban J connectivity index is 0.000000705. The van der Waals surface area contributed by atoms with E-state index < -0.39 is 29.3 Å². The number of aliphatic imine (C=N–C) groups is 1. The molecule has 0 radical (unpaired) electrons. The topological polar surface area (TPSA) is 112 Å². The van der Waals surface area contributed by atoms with Crippen molar-refractivity contribution in [1.29, 1.82) is 0 Å². The average Bonchev–Trinajstić information content (AvgIpc) is 3.45. The Morgan fingerprint density at radius 2 is 1.58 bits per heavy atom. The second kappa shape index (κ2) is 16.9. The lowest BCUT2D eigenvalue weighted by Gasteiger charge is -2.33. The molecule has 3 heterocycles. The molecule has 1 aromatic heterocycles. The van der Waals surface area contributed by atoms with Crippen molar-refractivity contribution in [3.63, 3.8) is 0 Å². The minimum Gasteiger partial charge on any atom is -0.475 e. The number of carbonyl (C=O) groups is 3. The van der Waals surface area contributed by atoms with E-state index in [4.69, 9.17) is 19.6 Å². The van der Waals surface area contributed by atoms with Gasteiger partial charge in [-0.2, -0.15) is 13.2 Å². The van der Waals surface area contributed by atoms with E-state index in [2.05, 4.69) is 16.0 Å². The molecular weight excluding hydrogens is 699 g/mol. The number of hydrogen-bond donors (Lipinski definition) is 1. The Bertz CT molecular complexity index is 1930. The highest BCUT2D eigenvalue weighted by atomic mass is 19.4. The Hall–Kier alpha value is -5.50. The number of carboxylic acids is 1. The summed E-state index contributed by atoms with van der Waals surface area (Å²) in [5, 5.41) is 7.12. The molecule has 2 aliphatic rings. The molecule has 1 atom stereocenters. The van der Waals surface area contributed by atoms with Crippen LogP contribution in [0.25, 0.3) is 0 Å². The smallest absolute Gasteiger partial charge is 0.475 e. The maximum absolute atomic E-state index is 14.6. The number of pyridine rings is 1. The third-order valence-corrected chi connectivity index (χ3v) is 9.04. The van der Waals surface area contributed by atoms with Crippen LogP contribution in [0.4, 0.5) is 22.0 Å². The van der Waals surface area contributed by atoms with Crippen molar-refractivity contribution < 1.29 is 46.2 Å². The normalized spacial score (nSPS) is 17.9. The van der Waals surface area contributed by atoms with Crippen LogP contribution < -0.4 is 0 Å². The number of nitrogens with zero attached hydrogens (tertiary/aromatic N) is 4. The van der Waals surface area contributed by atoms with Gasteiger partial charge in [-0.25, -0.2) is 23.4 Å². The zero-order chi connectivity index (χ0) is 38.2. The highest BCUT2D eigenvalue weighted by Gasteiger charge is 2.51. The third kappa shape index (κ3) is 9.12. The standard InChI is InChI=1S/C37H36F2N4O3.C2HF3O2/c1-2-46-35(44)28-9-5-8-27(24-28)26-17-22-42(23-18-26)20-7-21-43-34(33-12-3-4-19-40-33)41-37(36(43)45,29-13-15-31(38)16-14-29)30-10-6-11-32(39)25-30;3-2(4,5)1(6)7/h3-6,8-16,19,24-26H,2,7,17-18,20-23H2,1H3;(H,6,7). The number of likely N-dealkylation sites (tertiary alicyclic amines) is 1. The highest BCUT2D eigenvalue weighted by Crippen LogP contribution is 2.41. The molecule has 0 saturated carbocycles. The van der Waals surface area contributed by atoms with Crippen LogP contribution in [0, 0.1) is 11.6 Å². The van der Waals surface area contributed by atoms with Gasteiger partial charge in [-0.1, -0.05) is 42.5 Å². The fourth-order valence-corrected chi connectivity index (χ4v) is 6.48. The van der Waals surface area contributed by atoms with Gasteiger partial charge in [0.1, 0.15) is 17.3 Å². The molecular formula is C39H37F5N4O5. The lowest BCUT2D eigenvalue weighted by atomic mass is 9.82. The fourth-order valence-electron chi connectivity index (χ4n) is 6.48. The van der Waals surface area contributed by atoms with E-state index in [0.717, 1.165) is 38.0 Å². The maximum Gasteiger partial charge on any atom is 0.490 e. The van der Waals surface area contributed by atoms with E-state index >= 15 is 0 Å². The summed E-state index contributed by atoms with van der Waals surface area (Å²) in [5.41, 5.74) is 1.50. The second-order valence-corrected chi connectivity index (χ2v) is 12.5. The minimum atomic E-state index is -5.08. The number of aliphatic carboxylic acids is 1. The van der Waals surface area contributed by atoms with E-state index in [1.54, 1.807) is 48.4 Å². The van der Waals surface area contributed by atoms with Gasteiger partial charge < -0.3 is 14.7 Å². The first kappa shape index (κ1) is 38.7. The van der Waals surface area contributed by atoms with Crippen molar-refractivity contribution in [3.05, 3.63) is 137 Å². The lowest BCUT2D eigenvalue weighted by Crippen LogP contribution is -2.43. The number of halogens is 5. The van der Waals surface area contributed by atoms with Crippen LogP contribution in [0.1, 0.15) is 64.8 Å². The van der Waals surface area contributed by atoms with Gasteiger partial charge in [0.15, 0.2) is 11.4 Å². The molecule has 1 unspecified atom stereocenters. The van der Waals surface area contributed by atoms with Gasteiger partial charge in [0.05, 0.1) is 12.2 Å². The van der Waals surface area contributed by atoms with Crippen LogP contribution in [0.5, 0.6) is 0 Å². The molecule has 2 aliphatic heterocycles. The SMILES string of the molecule is CCOC(=O)c1cccc(C2CCN(CCCN3C(=O)C(c4ccc(F)cc4)(c4cccc(F)c4)N=C3c3ccccn3)CC2)c1.O=C(O)C(F)(F)F. The van der Waals surface area contributed by atoms with Crippen LogP contribution in [-0.2, 0) is 19.9 Å². The zero-order valence-electron chi connectivity index (χ0n) is 28.7. The number of benzene rings is 3. The monoisotopic (exact) mass is 736 g/mol. The van der Waals surface area contributed by atoms with Gasteiger partial charge in [0, 0.05) is 12.7 Å². The van der Waals surface area contributed by atoms with Crippen LogP contribution in [0.2, 0.25) is 0 Å². The van der Waals surface area contributed by atoms with Gasteiger partial charge in [-0.05, 0) is 117 Å². The molecule has 1 fully saturated rings. The minimum absolute atomic E-state index is 0.298. The first-order valence-electron chi connectivity index (χ1n) is 17.0. The number of alkyl halides is 3. The summed E-state index contributed by atoms with van der Waals surface area (Å²) in [6.45, 7) is 5.10. The number of ether oxygens (including phenoxy) is 1. The summed E-state index contributed by atoms with van der Waals surface area (Å²) >= 11 is 0. The fraction of sp³-hybridized carbons (Fsp3) is 0.308. The number of aromatic nitrogens is 1. The molecule has 3 aromatic carbocycles. The van der Waals surface area contributed by atoms with Gasteiger partial charge in [-0.15, -0.1) is 0 Å². The van der Waals surface area contributed by atoms with E-state index in [1.165, 1.54) is 36.4 Å². The molecule has 278 valence electrons. The number of amidine groups is 1. The number of esters is 1. The average molecular weight is 737 g/mol. The molecule has 1 amide bonds. The molecule has 6 rings (SSSR count). The molecule has 4 aromatic rings. The summed E-state index contributed by atoms with van der Waals surface area (Å²) in [5.74, 6) is -3.55. The molecule has 0 bridgehead atoms. The predicted molar refractivity (Wildman–Crippen MR) is 185 cm³/mol. The first-order valence-corrected chi connectivity index (χ1v) is 17.0. The molecule has 14 heteroatoms. The number of piperidine rings is 1. The van der Waals surface area contributed by atoms with Gasteiger partial charge >= 0.3 is 18.1 Å². The Kier molecular flexibility index (Phi) is 12.3. The number of rotatable bonds is 10. The lowest BCUT2D eigenvalue weighted by molar-refractivity contribution is -0.192. The number of carbonyl (C=O) groups excluding carboxylic acids is 2. The Morgan fingerprint density at radius 3 is 2.21 bits per heavy atom. The highest BCUT2D eigenvalue weighted by molar-refractivity contribution is 6.16. The second-order valence-electron chi connectivity index (χ2n) is 12.5. The Labute approximate surface area is 302 Å². The van der Waals surface area contributed by atoms with Crippen molar-refractivity contribution in [2.24, 2.45) is 4.99 Å². The molecule has 0 aliphatic carbocycles. The summed E-state index contributed by atoms with van der Waals surface area (Å²) in [4.78, 5) is 49.2. The predicted octanol–water partition coefficient (Wildman–Crippen LogP) is 6.97. The van der Waals surface area contributed by atoms with E-state index in [-0.39, 0.29) is 11.9 Å². The van der Waals surface area contributed by atoms with Crippen molar-refractivity contribution in [1.82, 2.24) is 14.8 Å². The van der Waals surface area contributed by atoms with Gasteiger partial charge in [0.2, 0.25) is 0 Å². The van der Waals surface area contributed by atoms with E-state index in [0.29, 0.717) is 53.7 Å². The largest absolute Gasteiger partial charge is 0.490 e. The quantitative estimate of drug-likeness (QED) is 0.138. The van der Waals surface area contributed by atoms with E-state index in [1.807, 2.05) is 18.2 Å². The third-order valence-electron chi connectivity index (χ3n) is 9.04. The summed E-state index contributed by atoms with van der Waals surface area (Å²) < 4.78 is 65.5. The zero-order valence-corrected chi connectivity index (χ0v) is 28.7. The molecule has 53 heavy (non-hydrogen) atoms. The van der Waals surface area contributed by atoms with Crippen LogP contribution in [-0.4, -0.2) is 82.5 Å².